The monoisotopic (exact) mass is 407 g/mol. The minimum absolute atomic E-state index is 0.0551. The van der Waals surface area contributed by atoms with E-state index in [4.69, 9.17) is 20.8 Å². The second kappa shape index (κ2) is 8.88. The Morgan fingerprint density at radius 2 is 2.04 bits per heavy atom. The van der Waals surface area contributed by atoms with Crippen LogP contribution in [0.1, 0.15) is 11.5 Å². The van der Waals surface area contributed by atoms with Crippen molar-refractivity contribution in [3.8, 4) is 5.75 Å². The predicted octanol–water partition coefficient (Wildman–Crippen LogP) is 4.19. The second-order valence-electron chi connectivity index (χ2n) is 5.45. The molecular weight excluding hydrogens is 393 g/mol. The van der Waals surface area contributed by atoms with Crippen LogP contribution in [0.3, 0.4) is 0 Å². The second-order valence-corrected chi connectivity index (χ2v) is 6.79. The number of hydrogen-bond donors (Lipinski definition) is 1. The first-order valence-corrected chi connectivity index (χ1v) is 9.23. The molecule has 1 amide bonds. The normalized spacial score (nSPS) is 10.6. The van der Waals surface area contributed by atoms with Gasteiger partial charge >= 0.3 is 0 Å². The molecular formula is C18H15ClFN3O3S. The van der Waals surface area contributed by atoms with E-state index in [-0.39, 0.29) is 16.7 Å². The number of halogens is 2. The van der Waals surface area contributed by atoms with Gasteiger partial charge in [0.15, 0.2) is 0 Å². The standard InChI is InChI=1S/C18H15ClFN3O3S/c1-25-13-5-2-11(3-6-13)8-17-22-23-18(26-17)27-10-16(24)21-12-4-7-15(20)14(19)9-12/h2-7,9H,8,10H2,1H3,(H,21,24). The number of carbonyl (C=O) groups is 1. The van der Waals surface area contributed by atoms with Gasteiger partial charge in [-0.3, -0.25) is 4.79 Å². The van der Waals surface area contributed by atoms with E-state index >= 15 is 0 Å². The van der Waals surface area contributed by atoms with Crippen molar-refractivity contribution in [1.82, 2.24) is 10.2 Å². The van der Waals surface area contributed by atoms with Crippen LogP contribution in [0.15, 0.2) is 52.1 Å². The van der Waals surface area contributed by atoms with Crippen LogP contribution in [0, 0.1) is 5.82 Å². The third-order valence-electron chi connectivity index (χ3n) is 3.49. The van der Waals surface area contributed by atoms with Gasteiger partial charge in [-0.1, -0.05) is 35.5 Å². The lowest BCUT2D eigenvalue weighted by Gasteiger charge is -2.04. The predicted molar refractivity (Wildman–Crippen MR) is 101 cm³/mol. The van der Waals surface area contributed by atoms with E-state index in [2.05, 4.69) is 15.5 Å². The highest BCUT2D eigenvalue weighted by molar-refractivity contribution is 7.99. The maximum Gasteiger partial charge on any atom is 0.277 e. The van der Waals surface area contributed by atoms with Gasteiger partial charge in [0.1, 0.15) is 11.6 Å². The summed E-state index contributed by atoms with van der Waals surface area (Å²) in [4.78, 5) is 12.0. The van der Waals surface area contributed by atoms with E-state index in [9.17, 15) is 9.18 Å². The number of amides is 1. The Labute approximate surface area is 164 Å². The van der Waals surface area contributed by atoms with Crippen molar-refractivity contribution in [2.45, 2.75) is 11.6 Å². The number of methoxy groups -OCH3 is 1. The maximum atomic E-state index is 13.1. The van der Waals surface area contributed by atoms with Crippen molar-refractivity contribution >= 4 is 35.0 Å². The highest BCUT2D eigenvalue weighted by Crippen LogP contribution is 2.21. The molecule has 0 spiro atoms. The smallest absolute Gasteiger partial charge is 0.277 e. The largest absolute Gasteiger partial charge is 0.497 e. The lowest BCUT2D eigenvalue weighted by Crippen LogP contribution is -2.14. The summed E-state index contributed by atoms with van der Waals surface area (Å²) < 4.78 is 23.8. The Morgan fingerprint density at radius 1 is 1.26 bits per heavy atom. The first-order valence-electron chi connectivity index (χ1n) is 7.86. The minimum Gasteiger partial charge on any atom is -0.497 e. The molecule has 3 rings (SSSR count). The van der Waals surface area contributed by atoms with Crippen LogP contribution in [0.25, 0.3) is 0 Å². The zero-order valence-electron chi connectivity index (χ0n) is 14.2. The van der Waals surface area contributed by atoms with Crippen LogP contribution in [-0.2, 0) is 11.2 Å². The van der Waals surface area contributed by atoms with Crippen molar-refractivity contribution in [3.05, 3.63) is 64.8 Å². The molecule has 0 fully saturated rings. The topological polar surface area (TPSA) is 77.2 Å². The molecule has 0 aliphatic heterocycles. The summed E-state index contributed by atoms with van der Waals surface area (Å²) in [7, 11) is 1.61. The van der Waals surface area contributed by atoms with Crippen LogP contribution >= 0.6 is 23.4 Å². The Bertz CT molecular complexity index is 934. The third-order valence-corrected chi connectivity index (χ3v) is 4.60. The molecule has 0 aliphatic rings. The van der Waals surface area contributed by atoms with Gasteiger partial charge in [-0.2, -0.15) is 0 Å². The lowest BCUT2D eigenvalue weighted by atomic mass is 10.1. The first kappa shape index (κ1) is 19.2. The molecule has 1 aromatic heterocycles. The van der Waals surface area contributed by atoms with E-state index < -0.39 is 5.82 Å². The molecule has 0 aliphatic carbocycles. The molecule has 1 N–H and O–H groups in total. The van der Waals surface area contributed by atoms with Crippen LogP contribution in [-0.4, -0.2) is 29.0 Å². The molecule has 0 unspecified atom stereocenters. The fraction of sp³-hybridized carbons (Fsp3) is 0.167. The zero-order valence-corrected chi connectivity index (χ0v) is 15.8. The summed E-state index contributed by atoms with van der Waals surface area (Å²) in [5, 5.41) is 10.8. The van der Waals surface area contributed by atoms with Gasteiger partial charge in [-0.05, 0) is 35.9 Å². The van der Waals surface area contributed by atoms with Gasteiger partial charge in [0, 0.05) is 5.69 Å². The number of aromatic nitrogens is 2. The van der Waals surface area contributed by atoms with E-state index in [1.165, 1.54) is 18.2 Å². The molecule has 3 aromatic rings. The minimum atomic E-state index is -0.542. The summed E-state index contributed by atoms with van der Waals surface area (Å²) in [6.07, 6.45) is 0.484. The average molecular weight is 408 g/mol. The number of anilines is 1. The van der Waals surface area contributed by atoms with E-state index in [0.717, 1.165) is 23.1 Å². The number of rotatable bonds is 7. The molecule has 0 bridgehead atoms. The maximum absolute atomic E-state index is 13.1. The molecule has 27 heavy (non-hydrogen) atoms. The number of thioether (sulfide) groups is 1. The lowest BCUT2D eigenvalue weighted by molar-refractivity contribution is -0.113. The first-order chi connectivity index (χ1) is 13.0. The average Bonchev–Trinajstić information content (AvgIpc) is 3.11. The van der Waals surface area contributed by atoms with Crippen LogP contribution in [0.5, 0.6) is 5.75 Å². The summed E-state index contributed by atoms with van der Waals surface area (Å²) in [5.41, 5.74) is 1.42. The van der Waals surface area contributed by atoms with Crippen molar-refractivity contribution < 1.29 is 18.3 Å². The molecule has 1 heterocycles. The van der Waals surface area contributed by atoms with Crippen molar-refractivity contribution in [2.24, 2.45) is 0 Å². The molecule has 0 saturated carbocycles. The fourth-order valence-electron chi connectivity index (χ4n) is 2.18. The number of ether oxygens (including phenoxy) is 1. The molecule has 9 heteroatoms. The summed E-state index contributed by atoms with van der Waals surface area (Å²) in [6, 6.07) is 11.5. The molecule has 140 valence electrons. The van der Waals surface area contributed by atoms with Gasteiger partial charge in [-0.25, -0.2) is 4.39 Å². The van der Waals surface area contributed by atoms with Crippen molar-refractivity contribution in [2.75, 3.05) is 18.2 Å². The highest BCUT2D eigenvalue weighted by atomic mass is 35.5. The van der Waals surface area contributed by atoms with E-state index in [0.29, 0.717) is 23.2 Å². The van der Waals surface area contributed by atoms with E-state index in [1.807, 2.05) is 24.3 Å². The Balaban J connectivity index is 1.51. The molecule has 2 aromatic carbocycles. The number of carbonyl (C=O) groups excluding carboxylic acids is 1. The molecule has 0 atom stereocenters. The van der Waals surface area contributed by atoms with Crippen molar-refractivity contribution in [1.29, 1.82) is 0 Å². The van der Waals surface area contributed by atoms with Gasteiger partial charge in [0.05, 0.1) is 24.3 Å². The van der Waals surface area contributed by atoms with Crippen LogP contribution < -0.4 is 10.1 Å². The van der Waals surface area contributed by atoms with Gasteiger partial charge in [0.25, 0.3) is 5.22 Å². The molecule has 0 saturated heterocycles. The summed E-state index contributed by atoms with van der Waals surface area (Å²) in [5.74, 6) is 0.457. The van der Waals surface area contributed by atoms with E-state index in [1.54, 1.807) is 7.11 Å². The Hall–Kier alpha value is -2.58. The van der Waals surface area contributed by atoms with Gasteiger partial charge in [0.2, 0.25) is 11.8 Å². The molecule has 0 radical (unpaired) electrons. The van der Waals surface area contributed by atoms with Crippen LogP contribution in [0.4, 0.5) is 10.1 Å². The van der Waals surface area contributed by atoms with Crippen molar-refractivity contribution in [3.63, 3.8) is 0 Å². The SMILES string of the molecule is COc1ccc(Cc2nnc(SCC(=O)Nc3ccc(F)c(Cl)c3)o2)cc1. The number of nitrogens with zero attached hydrogens (tertiary/aromatic N) is 2. The summed E-state index contributed by atoms with van der Waals surface area (Å²) >= 11 is 6.80. The van der Waals surface area contributed by atoms with Gasteiger partial charge in [-0.15, -0.1) is 10.2 Å². The zero-order chi connectivity index (χ0) is 19.2. The Kier molecular flexibility index (Phi) is 6.31. The quantitative estimate of drug-likeness (QED) is 0.592. The number of nitrogens with one attached hydrogen (secondary N) is 1. The number of benzene rings is 2. The summed E-state index contributed by atoms with van der Waals surface area (Å²) in [6.45, 7) is 0. The third kappa shape index (κ3) is 5.45. The fourth-order valence-corrected chi connectivity index (χ4v) is 2.95. The Morgan fingerprint density at radius 3 is 2.74 bits per heavy atom. The van der Waals surface area contributed by atoms with Gasteiger partial charge < -0.3 is 14.5 Å². The molecule has 6 nitrogen and oxygen atoms in total. The number of hydrogen-bond acceptors (Lipinski definition) is 6. The highest BCUT2D eigenvalue weighted by Gasteiger charge is 2.11. The van der Waals surface area contributed by atoms with Crippen LogP contribution in [0.2, 0.25) is 5.02 Å².